The monoisotopic (exact) mass is 333 g/mol. The number of aromatic nitrogens is 2. The van der Waals surface area contributed by atoms with Crippen molar-refractivity contribution in [1.82, 2.24) is 14.7 Å². The summed E-state index contributed by atoms with van der Waals surface area (Å²) < 4.78 is 1.52. The predicted molar refractivity (Wildman–Crippen MR) is 84.9 cm³/mol. The fraction of sp³-hybridized carbons (Fsp3) is 0.312. The lowest BCUT2D eigenvalue weighted by Gasteiger charge is -2.32. The first-order valence-electron chi connectivity index (χ1n) is 7.42. The number of likely N-dealkylation sites (tertiary alicyclic amines) is 1. The normalized spacial score (nSPS) is 18.0. The van der Waals surface area contributed by atoms with Crippen molar-refractivity contribution in [2.45, 2.75) is 25.3 Å². The van der Waals surface area contributed by atoms with E-state index in [1.807, 2.05) is 12.1 Å². The quantitative estimate of drug-likeness (QED) is 0.936. The maximum absolute atomic E-state index is 12.6. The van der Waals surface area contributed by atoms with Crippen LogP contribution in [0.25, 0.3) is 5.69 Å². The van der Waals surface area contributed by atoms with Crippen molar-refractivity contribution in [3.8, 4) is 5.69 Å². The fourth-order valence-corrected chi connectivity index (χ4v) is 3.01. The number of carbonyl (C=O) groups excluding carboxylic acids is 1. The molecule has 1 aliphatic rings. The van der Waals surface area contributed by atoms with Crippen LogP contribution in [0.3, 0.4) is 0 Å². The van der Waals surface area contributed by atoms with Gasteiger partial charge in [-0.1, -0.05) is 23.7 Å². The molecule has 2 heterocycles. The largest absolute Gasteiger partial charge is 0.480 e. The number of nitrogens with zero attached hydrogens (tertiary/aromatic N) is 3. The number of piperidine rings is 1. The van der Waals surface area contributed by atoms with Crippen LogP contribution < -0.4 is 0 Å². The van der Waals surface area contributed by atoms with Gasteiger partial charge in [0, 0.05) is 12.7 Å². The summed E-state index contributed by atoms with van der Waals surface area (Å²) in [5, 5.41) is 14.1. The second kappa shape index (κ2) is 6.42. The highest BCUT2D eigenvalue weighted by Gasteiger charge is 2.33. The summed E-state index contributed by atoms with van der Waals surface area (Å²) in [7, 11) is 0. The van der Waals surface area contributed by atoms with Gasteiger partial charge in [-0.05, 0) is 37.5 Å². The van der Waals surface area contributed by atoms with Crippen LogP contribution in [0.1, 0.15) is 29.8 Å². The number of halogens is 1. The van der Waals surface area contributed by atoms with E-state index in [0.29, 0.717) is 23.7 Å². The highest BCUT2D eigenvalue weighted by molar-refractivity contribution is 6.32. The van der Waals surface area contributed by atoms with E-state index in [4.69, 9.17) is 11.6 Å². The molecule has 1 aliphatic heterocycles. The first-order valence-corrected chi connectivity index (χ1v) is 7.80. The van der Waals surface area contributed by atoms with Crippen molar-refractivity contribution >= 4 is 23.5 Å². The van der Waals surface area contributed by atoms with Crippen LogP contribution in [-0.2, 0) is 4.79 Å². The lowest BCUT2D eigenvalue weighted by molar-refractivity contribution is -0.143. The molecule has 23 heavy (non-hydrogen) atoms. The van der Waals surface area contributed by atoms with Crippen molar-refractivity contribution in [3.63, 3.8) is 0 Å². The van der Waals surface area contributed by atoms with E-state index >= 15 is 0 Å². The lowest BCUT2D eigenvalue weighted by Crippen LogP contribution is -2.48. The molecule has 1 aromatic carbocycles. The zero-order valence-corrected chi connectivity index (χ0v) is 13.1. The van der Waals surface area contributed by atoms with E-state index in [0.717, 1.165) is 12.8 Å². The zero-order chi connectivity index (χ0) is 16.4. The summed E-state index contributed by atoms with van der Waals surface area (Å²) in [5.74, 6) is -1.33. The fourth-order valence-electron chi connectivity index (χ4n) is 2.79. The minimum Gasteiger partial charge on any atom is -0.480 e. The van der Waals surface area contributed by atoms with Gasteiger partial charge in [0.1, 0.15) is 6.04 Å². The van der Waals surface area contributed by atoms with Gasteiger partial charge in [-0.3, -0.25) is 4.79 Å². The van der Waals surface area contributed by atoms with Crippen molar-refractivity contribution in [1.29, 1.82) is 0 Å². The summed E-state index contributed by atoms with van der Waals surface area (Å²) in [4.78, 5) is 25.3. The van der Waals surface area contributed by atoms with Gasteiger partial charge < -0.3 is 10.0 Å². The second-order valence-corrected chi connectivity index (χ2v) is 5.85. The molecule has 0 saturated carbocycles. The van der Waals surface area contributed by atoms with Gasteiger partial charge >= 0.3 is 5.97 Å². The Morgan fingerprint density at radius 3 is 2.74 bits per heavy atom. The number of benzene rings is 1. The minimum atomic E-state index is -0.969. The first kappa shape index (κ1) is 15.6. The molecule has 1 N–H and O–H groups in total. The Balaban J connectivity index is 1.86. The maximum atomic E-state index is 12.6. The maximum Gasteiger partial charge on any atom is 0.326 e. The van der Waals surface area contributed by atoms with E-state index in [1.165, 1.54) is 9.58 Å². The van der Waals surface area contributed by atoms with Crippen molar-refractivity contribution in [3.05, 3.63) is 47.2 Å². The molecule has 0 radical (unpaired) electrons. The molecule has 1 amide bonds. The Hall–Kier alpha value is -2.34. The van der Waals surface area contributed by atoms with Crippen molar-refractivity contribution in [2.75, 3.05) is 6.54 Å². The van der Waals surface area contributed by atoms with Crippen LogP contribution in [0.4, 0.5) is 0 Å². The Kier molecular flexibility index (Phi) is 4.34. The van der Waals surface area contributed by atoms with E-state index in [1.54, 1.807) is 24.4 Å². The number of carboxylic acids is 1. The molecule has 3 rings (SSSR count). The Labute approximate surface area is 138 Å². The third kappa shape index (κ3) is 3.07. The van der Waals surface area contributed by atoms with E-state index in [2.05, 4.69) is 5.10 Å². The molecule has 1 atom stereocenters. The van der Waals surface area contributed by atoms with Crippen LogP contribution in [-0.4, -0.2) is 44.3 Å². The number of carboxylic acid groups (broad SMARTS) is 1. The molecule has 1 unspecified atom stereocenters. The molecular formula is C16H16ClN3O3. The van der Waals surface area contributed by atoms with Gasteiger partial charge in [0.2, 0.25) is 0 Å². The molecular weight excluding hydrogens is 318 g/mol. The smallest absolute Gasteiger partial charge is 0.326 e. The van der Waals surface area contributed by atoms with Crippen LogP contribution in [0.5, 0.6) is 0 Å². The van der Waals surface area contributed by atoms with E-state index < -0.39 is 12.0 Å². The number of amides is 1. The van der Waals surface area contributed by atoms with Gasteiger partial charge in [-0.15, -0.1) is 0 Å². The zero-order valence-electron chi connectivity index (χ0n) is 12.4. The van der Waals surface area contributed by atoms with Gasteiger partial charge in [0.25, 0.3) is 5.91 Å². The Bertz CT molecular complexity index is 744. The molecule has 7 heteroatoms. The van der Waals surface area contributed by atoms with Crippen molar-refractivity contribution < 1.29 is 14.7 Å². The third-order valence-electron chi connectivity index (χ3n) is 3.96. The van der Waals surface area contributed by atoms with Crippen LogP contribution in [0.2, 0.25) is 5.02 Å². The highest BCUT2D eigenvalue weighted by Crippen LogP contribution is 2.22. The first-order chi connectivity index (χ1) is 11.1. The summed E-state index contributed by atoms with van der Waals surface area (Å²) in [6.45, 7) is 0.439. The number of aliphatic carboxylic acids is 1. The van der Waals surface area contributed by atoms with Gasteiger partial charge in [0.05, 0.1) is 10.7 Å². The Morgan fingerprint density at radius 2 is 2.00 bits per heavy atom. The molecule has 2 aromatic rings. The molecule has 120 valence electrons. The number of para-hydroxylation sites is 1. The van der Waals surface area contributed by atoms with Crippen molar-refractivity contribution in [2.24, 2.45) is 0 Å². The van der Waals surface area contributed by atoms with Crippen LogP contribution in [0.15, 0.2) is 36.5 Å². The molecule has 0 bridgehead atoms. The van der Waals surface area contributed by atoms with E-state index in [9.17, 15) is 14.7 Å². The SMILES string of the molecule is O=C(O)C1CCCCN1C(=O)c1ccn(-c2ccccc2Cl)n1. The highest BCUT2D eigenvalue weighted by atomic mass is 35.5. The molecule has 1 fully saturated rings. The van der Waals surface area contributed by atoms with E-state index in [-0.39, 0.29) is 11.6 Å². The topological polar surface area (TPSA) is 75.4 Å². The number of rotatable bonds is 3. The molecule has 0 spiro atoms. The Morgan fingerprint density at radius 1 is 1.22 bits per heavy atom. The second-order valence-electron chi connectivity index (χ2n) is 5.45. The average molecular weight is 334 g/mol. The molecule has 1 aromatic heterocycles. The summed E-state index contributed by atoms with van der Waals surface area (Å²) >= 11 is 6.13. The molecule has 1 saturated heterocycles. The summed E-state index contributed by atoms with van der Waals surface area (Å²) in [5.41, 5.74) is 0.889. The minimum absolute atomic E-state index is 0.220. The number of hydrogen-bond acceptors (Lipinski definition) is 3. The number of carbonyl (C=O) groups is 2. The molecule has 0 aliphatic carbocycles. The third-order valence-corrected chi connectivity index (χ3v) is 4.28. The summed E-state index contributed by atoms with van der Waals surface area (Å²) in [6, 6.07) is 7.98. The predicted octanol–water partition coefficient (Wildman–Crippen LogP) is 2.61. The molecule has 6 nitrogen and oxygen atoms in total. The van der Waals surface area contributed by atoms with Gasteiger partial charge in [-0.25, -0.2) is 9.48 Å². The van der Waals surface area contributed by atoms with Crippen LogP contribution >= 0.6 is 11.6 Å². The average Bonchev–Trinajstić information content (AvgIpc) is 3.04. The van der Waals surface area contributed by atoms with Gasteiger partial charge in [0.15, 0.2) is 5.69 Å². The van der Waals surface area contributed by atoms with Crippen LogP contribution in [0, 0.1) is 0 Å². The standard InChI is InChI=1S/C16H16ClN3O3/c17-11-5-1-2-6-13(11)20-10-8-12(18-20)15(21)19-9-4-3-7-14(19)16(22)23/h1-2,5-6,8,10,14H,3-4,7,9H2,(H,22,23). The summed E-state index contributed by atoms with van der Waals surface area (Å²) in [6.07, 6.45) is 3.75. The lowest BCUT2D eigenvalue weighted by atomic mass is 10.0. The van der Waals surface area contributed by atoms with Gasteiger partial charge in [-0.2, -0.15) is 5.10 Å². The number of hydrogen-bond donors (Lipinski definition) is 1.